The van der Waals surface area contributed by atoms with Crippen LogP contribution in [0.2, 0.25) is 5.02 Å². The molecule has 1 heterocycles. The predicted octanol–water partition coefficient (Wildman–Crippen LogP) is 2.58. The van der Waals surface area contributed by atoms with Gasteiger partial charge in [-0.1, -0.05) is 23.7 Å². The number of halogens is 1. The number of hydrogen-bond acceptors (Lipinski definition) is 4. The molecule has 0 aliphatic carbocycles. The van der Waals surface area contributed by atoms with Crippen LogP contribution < -0.4 is 4.74 Å². The quantitative estimate of drug-likeness (QED) is 0.891. The molecule has 114 valence electrons. The highest BCUT2D eigenvalue weighted by Gasteiger charge is 2.22. The molecule has 0 amide bonds. The van der Waals surface area contributed by atoms with Gasteiger partial charge in [0.2, 0.25) is 0 Å². The lowest BCUT2D eigenvalue weighted by molar-refractivity contribution is 0.170. The maximum absolute atomic E-state index is 10.7. The topological polar surface area (TPSA) is 56.5 Å². The van der Waals surface area contributed by atoms with Crippen molar-refractivity contribution in [3.8, 4) is 5.75 Å². The lowest BCUT2D eigenvalue weighted by Gasteiger charge is -2.17. The molecule has 2 aromatic rings. The number of hydrogen-bond donors (Lipinski definition) is 1. The summed E-state index contributed by atoms with van der Waals surface area (Å²) in [6, 6.07) is 5.63. The number of benzene rings is 1. The number of aromatic nitrogens is 2. The van der Waals surface area contributed by atoms with E-state index in [1.54, 1.807) is 18.9 Å². The third-order valence-electron chi connectivity index (χ3n) is 3.28. The van der Waals surface area contributed by atoms with Gasteiger partial charge in [-0.25, -0.2) is 0 Å². The van der Waals surface area contributed by atoms with Crippen LogP contribution in [0.15, 0.2) is 24.4 Å². The molecule has 0 saturated carbocycles. The fraction of sp³-hybridized carbons (Fsp3) is 0.400. The van der Waals surface area contributed by atoms with E-state index in [0.29, 0.717) is 35.2 Å². The molecule has 0 aliphatic heterocycles. The Hall–Kier alpha value is -1.56. The highest BCUT2D eigenvalue weighted by atomic mass is 35.5. The van der Waals surface area contributed by atoms with Crippen molar-refractivity contribution in [2.24, 2.45) is 0 Å². The Kier molecular flexibility index (Phi) is 5.22. The van der Waals surface area contributed by atoms with Crippen molar-refractivity contribution in [3.63, 3.8) is 0 Å². The molecule has 2 rings (SSSR count). The zero-order chi connectivity index (χ0) is 15.4. The number of methoxy groups -OCH3 is 2. The fourth-order valence-electron chi connectivity index (χ4n) is 2.19. The molecule has 5 nitrogen and oxygen atoms in total. The van der Waals surface area contributed by atoms with Crippen molar-refractivity contribution in [1.82, 2.24) is 9.78 Å². The van der Waals surface area contributed by atoms with Crippen LogP contribution >= 0.6 is 11.6 Å². The Bertz CT molecular complexity index is 613. The van der Waals surface area contributed by atoms with Crippen LogP contribution in [0, 0.1) is 6.92 Å². The van der Waals surface area contributed by atoms with Gasteiger partial charge in [0.05, 0.1) is 37.2 Å². The first-order chi connectivity index (χ1) is 10.1. The van der Waals surface area contributed by atoms with Crippen LogP contribution in [0.25, 0.3) is 0 Å². The van der Waals surface area contributed by atoms with E-state index in [1.165, 1.54) is 6.20 Å². The highest BCUT2D eigenvalue weighted by Crippen LogP contribution is 2.33. The Morgan fingerprint density at radius 3 is 2.81 bits per heavy atom. The minimum absolute atomic E-state index is 0.418. The van der Waals surface area contributed by atoms with Gasteiger partial charge in [-0.2, -0.15) is 5.10 Å². The van der Waals surface area contributed by atoms with Crippen LogP contribution in [-0.2, 0) is 11.3 Å². The monoisotopic (exact) mass is 310 g/mol. The zero-order valence-electron chi connectivity index (χ0n) is 12.3. The molecule has 21 heavy (non-hydrogen) atoms. The van der Waals surface area contributed by atoms with Gasteiger partial charge < -0.3 is 14.6 Å². The summed E-state index contributed by atoms with van der Waals surface area (Å²) in [7, 11) is 3.19. The highest BCUT2D eigenvalue weighted by molar-refractivity contribution is 6.31. The average molecular weight is 311 g/mol. The van der Waals surface area contributed by atoms with Gasteiger partial charge in [0.25, 0.3) is 0 Å². The fourth-order valence-corrected chi connectivity index (χ4v) is 2.44. The van der Waals surface area contributed by atoms with Crippen LogP contribution in [0.4, 0.5) is 0 Å². The summed E-state index contributed by atoms with van der Waals surface area (Å²) < 4.78 is 12.0. The Morgan fingerprint density at radius 2 is 2.14 bits per heavy atom. The lowest BCUT2D eigenvalue weighted by Crippen LogP contribution is -2.14. The van der Waals surface area contributed by atoms with Crippen LogP contribution in [0.3, 0.4) is 0 Å². The molecule has 0 saturated heterocycles. The van der Waals surface area contributed by atoms with Crippen molar-refractivity contribution >= 4 is 11.6 Å². The summed E-state index contributed by atoms with van der Waals surface area (Å²) in [6.07, 6.45) is 0.614. The van der Waals surface area contributed by atoms with Crippen LogP contribution in [0.1, 0.15) is 22.9 Å². The van der Waals surface area contributed by atoms with E-state index >= 15 is 0 Å². The summed E-state index contributed by atoms with van der Waals surface area (Å²) in [5.74, 6) is 0.623. The summed E-state index contributed by atoms with van der Waals surface area (Å²) in [5, 5.41) is 15.3. The summed E-state index contributed by atoms with van der Waals surface area (Å²) >= 11 is 6.17. The second-order valence-electron chi connectivity index (χ2n) is 4.74. The first kappa shape index (κ1) is 15.8. The third-order valence-corrected chi connectivity index (χ3v) is 3.57. The molecule has 0 spiro atoms. The van der Waals surface area contributed by atoms with Crippen molar-refractivity contribution in [1.29, 1.82) is 0 Å². The molecule has 0 bridgehead atoms. The van der Waals surface area contributed by atoms with Gasteiger partial charge in [-0.3, -0.25) is 4.68 Å². The molecule has 1 aromatic heterocycles. The number of aryl methyl sites for hydroxylation is 1. The molecule has 0 radical (unpaired) electrons. The van der Waals surface area contributed by atoms with Gasteiger partial charge in [-0.15, -0.1) is 0 Å². The van der Waals surface area contributed by atoms with Gasteiger partial charge in [0, 0.05) is 12.7 Å². The van der Waals surface area contributed by atoms with E-state index in [-0.39, 0.29) is 0 Å². The number of rotatable bonds is 6. The molecule has 6 heteroatoms. The number of aliphatic hydroxyl groups excluding tert-OH is 1. The van der Waals surface area contributed by atoms with E-state index in [1.807, 2.05) is 25.1 Å². The minimum Gasteiger partial charge on any atom is -0.496 e. The average Bonchev–Trinajstić information content (AvgIpc) is 2.85. The largest absolute Gasteiger partial charge is 0.496 e. The second kappa shape index (κ2) is 6.93. The smallest absolute Gasteiger partial charge is 0.126 e. The number of aliphatic hydroxyl groups is 1. The molecular weight excluding hydrogens is 292 g/mol. The summed E-state index contributed by atoms with van der Waals surface area (Å²) in [6.45, 7) is 2.97. The van der Waals surface area contributed by atoms with Crippen molar-refractivity contribution < 1.29 is 14.6 Å². The third kappa shape index (κ3) is 3.37. The van der Waals surface area contributed by atoms with Gasteiger partial charge in [-0.05, 0) is 18.6 Å². The van der Waals surface area contributed by atoms with Crippen LogP contribution in [0.5, 0.6) is 5.75 Å². The Morgan fingerprint density at radius 1 is 1.38 bits per heavy atom. The number of nitrogens with zero attached hydrogens (tertiary/aromatic N) is 2. The molecule has 1 atom stereocenters. The molecule has 1 N–H and O–H groups in total. The molecule has 1 unspecified atom stereocenters. The SMILES string of the molecule is COCCn1ncc(Cl)c1C(O)c1ccc(C)cc1OC. The molecule has 0 aliphatic rings. The van der Waals surface area contributed by atoms with Gasteiger partial charge >= 0.3 is 0 Å². The van der Waals surface area contributed by atoms with E-state index in [0.717, 1.165) is 5.56 Å². The van der Waals surface area contributed by atoms with Crippen molar-refractivity contribution in [2.45, 2.75) is 19.6 Å². The summed E-state index contributed by atoms with van der Waals surface area (Å²) in [4.78, 5) is 0. The van der Waals surface area contributed by atoms with E-state index in [2.05, 4.69) is 5.10 Å². The maximum atomic E-state index is 10.7. The van der Waals surface area contributed by atoms with E-state index < -0.39 is 6.10 Å². The first-order valence-corrected chi connectivity index (χ1v) is 6.99. The van der Waals surface area contributed by atoms with Crippen LogP contribution in [-0.4, -0.2) is 35.7 Å². The standard InChI is InChI=1S/C15H19ClN2O3/c1-10-4-5-11(13(8-10)21-3)15(19)14-12(16)9-17-18(14)6-7-20-2/h4-5,8-9,15,19H,6-7H2,1-3H3. The molecule has 0 fully saturated rings. The first-order valence-electron chi connectivity index (χ1n) is 6.61. The van der Waals surface area contributed by atoms with E-state index in [4.69, 9.17) is 21.1 Å². The zero-order valence-corrected chi connectivity index (χ0v) is 13.1. The van der Waals surface area contributed by atoms with Crippen molar-refractivity contribution in [2.75, 3.05) is 20.8 Å². The molecular formula is C15H19ClN2O3. The van der Waals surface area contributed by atoms with Gasteiger partial charge in [0.1, 0.15) is 11.9 Å². The molecule has 1 aromatic carbocycles. The normalized spacial score (nSPS) is 12.4. The lowest BCUT2D eigenvalue weighted by atomic mass is 10.0. The minimum atomic E-state index is -0.910. The second-order valence-corrected chi connectivity index (χ2v) is 5.15. The maximum Gasteiger partial charge on any atom is 0.126 e. The Balaban J connectivity index is 2.40. The Labute approximate surface area is 129 Å². The van der Waals surface area contributed by atoms with E-state index in [9.17, 15) is 5.11 Å². The van der Waals surface area contributed by atoms with Gasteiger partial charge in [0.15, 0.2) is 0 Å². The summed E-state index contributed by atoms with van der Waals surface area (Å²) in [5.41, 5.74) is 2.25. The number of ether oxygens (including phenoxy) is 2. The predicted molar refractivity (Wildman–Crippen MR) is 80.9 cm³/mol. The van der Waals surface area contributed by atoms with Crippen molar-refractivity contribution in [3.05, 3.63) is 46.2 Å².